The third kappa shape index (κ3) is 4.78. The Bertz CT molecular complexity index is 848. The van der Waals surface area contributed by atoms with Crippen LogP contribution in [0.25, 0.3) is 0 Å². The van der Waals surface area contributed by atoms with Crippen LogP contribution in [-0.2, 0) is 10.0 Å². The lowest BCUT2D eigenvalue weighted by atomic mass is 10.0. The van der Waals surface area contributed by atoms with E-state index in [9.17, 15) is 13.2 Å². The lowest BCUT2D eigenvalue weighted by Crippen LogP contribution is -2.45. The molecule has 140 valence electrons. The molecule has 2 aromatic rings. The molecule has 0 aliphatic carbocycles. The van der Waals surface area contributed by atoms with Gasteiger partial charge in [0.05, 0.1) is 11.4 Å². The van der Waals surface area contributed by atoms with Gasteiger partial charge in [-0.1, -0.05) is 55.5 Å². The highest BCUT2D eigenvalue weighted by molar-refractivity contribution is 7.89. The van der Waals surface area contributed by atoms with Crippen LogP contribution in [0.1, 0.15) is 47.0 Å². The van der Waals surface area contributed by atoms with E-state index in [1.54, 1.807) is 55.5 Å². The molecular formula is C20H26N2O3S. The first kappa shape index (κ1) is 20.3. The molecular weight excluding hydrogens is 348 g/mol. The summed E-state index contributed by atoms with van der Waals surface area (Å²) >= 11 is 0. The summed E-state index contributed by atoms with van der Waals surface area (Å²) in [5.74, 6) is -0.121. The van der Waals surface area contributed by atoms with Gasteiger partial charge < -0.3 is 0 Å². The number of ketones is 1. The first-order chi connectivity index (χ1) is 12.3. The lowest BCUT2D eigenvalue weighted by Gasteiger charge is -2.26. The molecule has 0 saturated heterocycles. The van der Waals surface area contributed by atoms with Gasteiger partial charge >= 0.3 is 0 Å². The van der Waals surface area contributed by atoms with E-state index in [1.807, 2.05) is 32.0 Å². The number of carbonyl (C=O) groups excluding carboxylic acids is 1. The second kappa shape index (κ2) is 8.58. The molecule has 0 radical (unpaired) electrons. The number of nitrogens with zero attached hydrogens (tertiary/aromatic N) is 1. The molecule has 26 heavy (non-hydrogen) atoms. The monoisotopic (exact) mass is 374 g/mol. The Hall–Kier alpha value is -2.02. The van der Waals surface area contributed by atoms with Crippen LogP contribution in [0.3, 0.4) is 0 Å². The molecule has 0 spiro atoms. The molecule has 0 saturated carbocycles. The van der Waals surface area contributed by atoms with Gasteiger partial charge in [-0.15, -0.1) is 0 Å². The summed E-state index contributed by atoms with van der Waals surface area (Å²) in [4.78, 5) is 14.4. The van der Waals surface area contributed by atoms with E-state index in [2.05, 4.69) is 4.72 Å². The smallest absolute Gasteiger partial charge is 0.219 e. The molecule has 0 aliphatic heterocycles. The normalized spacial score (nSPS) is 14.2. The first-order valence-corrected chi connectivity index (χ1v) is 10.2. The van der Waals surface area contributed by atoms with Crippen molar-refractivity contribution >= 4 is 15.8 Å². The van der Waals surface area contributed by atoms with Gasteiger partial charge in [-0.25, -0.2) is 8.42 Å². The maximum atomic E-state index is 12.7. The standard InChI is InChI=1S/C20H26N2O3S/c1-5-19(22(3)4)21-26(24,25)15(2)17-12-9-13-18(14-17)20(23)16-10-7-6-8-11-16/h6-15,19,21H,5H2,1-4H3. The maximum absolute atomic E-state index is 12.7. The largest absolute Gasteiger partial charge is 0.293 e. The Balaban J connectivity index is 2.27. The Labute approximate surface area is 156 Å². The first-order valence-electron chi connectivity index (χ1n) is 8.63. The summed E-state index contributed by atoms with van der Waals surface area (Å²) in [6, 6.07) is 15.8. The van der Waals surface area contributed by atoms with Crippen LogP contribution >= 0.6 is 0 Å². The topological polar surface area (TPSA) is 66.5 Å². The molecule has 0 aliphatic rings. The summed E-state index contributed by atoms with van der Waals surface area (Å²) in [5, 5.41) is -0.764. The molecule has 2 rings (SSSR count). The number of benzene rings is 2. The summed E-state index contributed by atoms with van der Waals surface area (Å²) in [6.07, 6.45) is 0.391. The minimum atomic E-state index is -3.58. The predicted octanol–water partition coefficient (Wildman–Crippen LogP) is 3.20. The third-order valence-corrected chi connectivity index (χ3v) is 6.23. The zero-order chi connectivity index (χ0) is 19.3. The molecule has 6 heteroatoms. The molecule has 0 bridgehead atoms. The van der Waals surface area contributed by atoms with Gasteiger partial charge in [-0.05, 0) is 39.1 Å². The highest BCUT2D eigenvalue weighted by Gasteiger charge is 2.26. The van der Waals surface area contributed by atoms with Crippen molar-refractivity contribution in [3.8, 4) is 0 Å². The summed E-state index contributed by atoms with van der Waals surface area (Å²) in [5.41, 5.74) is 1.65. The zero-order valence-corrected chi connectivity index (χ0v) is 16.5. The minimum absolute atomic E-state index is 0.121. The Morgan fingerprint density at radius 3 is 2.23 bits per heavy atom. The van der Waals surface area contributed by atoms with Crippen LogP contribution in [-0.4, -0.2) is 39.4 Å². The average molecular weight is 375 g/mol. The second-order valence-corrected chi connectivity index (χ2v) is 8.55. The van der Waals surface area contributed by atoms with Gasteiger partial charge in [-0.2, -0.15) is 4.72 Å². The maximum Gasteiger partial charge on any atom is 0.219 e. The van der Waals surface area contributed by atoms with Crippen molar-refractivity contribution in [3.05, 3.63) is 71.3 Å². The van der Waals surface area contributed by atoms with Crippen LogP contribution in [0.5, 0.6) is 0 Å². The van der Waals surface area contributed by atoms with E-state index in [0.29, 0.717) is 23.1 Å². The highest BCUT2D eigenvalue weighted by Crippen LogP contribution is 2.23. The van der Waals surface area contributed by atoms with Gasteiger partial charge in [0.1, 0.15) is 0 Å². The van der Waals surface area contributed by atoms with E-state index < -0.39 is 15.3 Å². The molecule has 1 N–H and O–H groups in total. The van der Waals surface area contributed by atoms with E-state index in [0.717, 1.165) is 0 Å². The number of rotatable bonds is 8. The quantitative estimate of drug-likeness (QED) is 0.569. The fourth-order valence-electron chi connectivity index (χ4n) is 2.71. The Morgan fingerprint density at radius 2 is 1.65 bits per heavy atom. The lowest BCUT2D eigenvalue weighted by molar-refractivity contribution is 0.103. The number of nitrogens with one attached hydrogen (secondary N) is 1. The average Bonchev–Trinajstić information content (AvgIpc) is 2.65. The molecule has 2 atom stereocenters. The number of hydrogen-bond donors (Lipinski definition) is 1. The van der Waals surface area contributed by atoms with E-state index in [4.69, 9.17) is 0 Å². The number of carbonyl (C=O) groups is 1. The molecule has 0 aromatic heterocycles. The Morgan fingerprint density at radius 1 is 1.04 bits per heavy atom. The fourth-order valence-corrected chi connectivity index (χ4v) is 4.18. The van der Waals surface area contributed by atoms with Crippen molar-refractivity contribution in [2.75, 3.05) is 14.1 Å². The van der Waals surface area contributed by atoms with E-state index in [1.165, 1.54) is 0 Å². The second-order valence-electron chi connectivity index (χ2n) is 6.51. The SMILES string of the molecule is CCC(NS(=O)(=O)C(C)c1cccc(C(=O)c2ccccc2)c1)N(C)C. The van der Waals surface area contributed by atoms with Crippen LogP contribution in [0.2, 0.25) is 0 Å². The molecule has 2 aromatic carbocycles. The van der Waals surface area contributed by atoms with Crippen molar-refractivity contribution < 1.29 is 13.2 Å². The van der Waals surface area contributed by atoms with E-state index >= 15 is 0 Å². The van der Waals surface area contributed by atoms with Crippen molar-refractivity contribution in [2.24, 2.45) is 0 Å². The van der Waals surface area contributed by atoms with Crippen LogP contribution in [0.15, 0.2) is 54.6 Å². The van der Waals surface area contributed by atoms with E-state index in [-0.39, 0.29) is 11.9 Å². The van der Waals surface area contributed by atoms with Crippen molar-refractivity contribution in [1.29, 1.82) is 0 Å². The van der Waals surface area contributed by atoms with Crippen molar-refractivity contribution in [1.82, 2.24) is 9.62 Å². The third-order valence-electron chi connectivity index (χ3n) is 4.43. The van der Waals surface area contributed by atoms with Crippen LogP contribution in [0, 0.1) is 0 Å². The van der Waals surface area contributed by atoms with Gasteiger partial charge in [0.15, 0.2) is 5.78 Å². The summed E-state index contributed by atoms with van der Waals surface area (Å²) in [6.45, 7) is 3.56. The van der Waals surface area contributed by atoms with Crippen LogP contribution < -0.4 is 4.72 Å². The van der Waals surface area contributed by atoms with Gasteiger partial charge in [0.25, 0.3) is 0 Å². The predicted molar refractivity (Wildman–Crippen MR) is 105 cm³/mol. The Kier molecular flexibility index (Phi) is 6.69. The molecule has 5 nitrogen and oxygen atoms in total. The fraction of sp³-hybridized carbons (Fsp3) is 0.350. The molecule has 0 amide bonds. The van der Waals surface area contributed by atoms with Crippen molar-refractivity contribution in [3.63, 3.8) is 0 Å². The summed E-state index contributed by atoms with van der Waals surface area (Å²) in [7, 11) is 0.0879. The highest BCUT2D eigenvalue weighted by atomic mass is 32.2. The van der Waals surface area contributed by atoms with Gasteiger partial charge in [0.2, 0.25) is 10.0 Å². The number of sulfonamides is 1. The molecule has 0 heterocycles. The number of hydrogen-bond acceptors (Lipinski definition) is 4. The van der Waals surface area contributed by atoms with Gasteiger partial charge in [0, 0.05) is 11.1 Å². The van der Waals surface area contributed by atoms with Gasteiger partial charge in [-0.3, -0.25) is 9.69 Å². The molecule has 0 fully saturated rings. The summed E-state index contributed by atoms with van der Waals surface area (Å²) < 4.78 is 28.2. The van der Waals surface area contributed by atoms with Crippen molar-refractivity contribution in [2.45, 2.75) is 31.7 Å². The minimum Gasteiger partial charge on any atom is -0.293 e. The van der Waals surface area contributed by atoms with Crippen LogP contribution in [0.4, 0.5) is 0 Å². The molecule has 2 unspecified atom stereocenters. The zero-order valence-electron chi connectivity index (χ0n) is 15.6.